The van der Waals surface area contributed by atoms with Crippen molar-refractivity contribution in [2.24, 2.45) is 5.92 Å². The van der Waals surface area contributed by atoms with Gasteiger partial charge in [-0.25, -0.2) is 0 Å². The van der Waals surface area contributed by atoms with Crippen molar-refractivity contribution >= 4 is 0 Å². The summed E-state index contributed by atoms with van der Waals surface area (Å²) >= 11 is 0. The van der Waals surface area contributed by atoms with Crippen molar-refractivity contribution in [2.45, 2.75) is 39.4 Å². The molecule has 1 aliphatic rings. The lowest BCUT2D eigenvalue weighted by molar-refractivity contribution is -0.0589. The molecule has 14 heavy (non-hydrogen) atoms. The van der Waals surface area contributed by atoms with E-state index in [1.807, 2.05) is 26.8 Å². The number of aliphatic hydroxyl groups excluding tert-OH is 1. The summed E-state index contributed by atoms with van der Waals surface area (Å²) in [7, 11) is 0. The van der Waals surface area contributed by atoms with Crippen LogP contribution in [0.15, 0.2) is 11.8 Å². The summed E-state index contributed by atoms with van der Waals surface area (Å²) in [5, 5.41) is 9.99. The van der Waals surface area contributed by atoms with E-state index in [2.05, 4.69) is 0 Å². The second-order valence-corrected chi connectivity index (χ2v) is 3.85. The van der Waals surface area contributed by atoms with Gasteiger partial charge in [0, 0.05) is 13.0 Å². The molecule has 0 amide bonds. The minimum Gasteiger partial charge on any atom is -0.495 e. The fourth-order valence-corrected chi connectivity index (χ4v) is 1.65. The van der Waals surface area contributed by atoms with Gasteiger partial charge in [0.25, 0.3) is 0 Å². The van der Waals surface area contributed by atoms with Crippen molar-refractivity contribution in [3.05, 3.63) is 11.8 Å². The fourth-order valence-electron chi connectivity index (χ4n) is 1.65. The van der Waals surface area contributed by atoms with Gasteiger partial charge in [-0.15, -0.1) is 0 Å². The number of ether oxygens (including phenoxy) is 2. The molecule has 82 valence electrons. The normalized spacial score (nSPS) is 20.5. The second-order valence-electron chi connectivity index (χ2n) is 3.85. The summed E-state index contributed by atoms with van der Waals surface area (Å²) in [5.74, 6) is 0.965. The SMILES string of the molecule is CCOC(C(C)C)C(O)C1=CCCO1. The summed E-state index contributed by atoms with van der Waals surface area (Å²) in [6.07, 6.45) is 2.06. The molecule has 1 N–H and O–H groups in total. The lowest BCUT2D eigenvalue weighted by Gasteiger charge is -2.26. The Labute approximate surface area is 85.7 Å². The molecule has 1 aliphatic heterocycles. The molecule has 0 spiro atoms. The molecule has 0 aromatic heterocycles. The number of rotatable bonds is 5. The molecule has 0 saturated carbocycles. The van der Waals surface area contributed by atoms with Gasteiger partial charge in [-0.05, 0) is 18.9 Å². The molecule has 0 saturated heterocycles. The first-order valence-corrected chi connectivity index (χ1v) is 5.29. The highest BCUT2D eigenvalue weighted by Crippen LogP contribution is 2.21. The molecule has 3 heteroatoms. The van der Waals surface area contributed by atoms with Gasteiger partial charge in [-0.2, -0.15) is 0 Å². The number of hydrogen-bond donors (Lipinski definition) is 1. The molecule has 0 bridgehead atoms. The fraction of sp³-hybridized carbons (Fsp3) is 0.818. The van der Waals surface area contributed by atoms with E-state index in [1.165, 1.54) is 0 Å². The van der Waals surface area contributed by atoms with Crippen LogP contribution in [0.4, 0.5) is 0 Å². The lowest BCUT2D eigenvalue weighted by atomic mass is 10.00. The zero-order chi connectivity index (χ0) is 10.6. The minimum atomic E-state index is -0.613. The van der Waals surface area contributed by atoms with Crippen LogP contribution in [0.25, 0.3) is 0 Å². The number of aliphatic hydroxyl groups is 1. The van der Waals surface area contributed by atoms with Crippen LogP contribution in [0, 0.1) is 5.92 Å². The van der Waals surface area contributed by atoms with E-state index < -0.39 is 6.10 Å². The maximum absolute atomic E-state index is 9.99. The molecule has 3 nitrogen and oxygen atoms in total. The van der Waals surface area contributed by atoms with E-state index in [9.17, 15) is 5.11 Å². The van der Waals surface area contributed by atoms with E-state index in [4.69, 9.17) is 9.47 Å². The summed E-state index contributed by atoms with van der Waals surface area (Å²) in [4.78, 5) is 0. The monoisotopic (exact) mass is 200 g/mol. The zero-order valence-corrected chi connectivity index (χ0v) is 9.19. The Kier molecular flexibility index (Phi) is 4.42. The highest BCUT2D eigenvalue weighted by molar-refractivity contribution is 5.06. The Balaban J connectivity index is 2.57. The molecule has 1 heterocycles. The average molecular weight is 200 g/mol. The van der Waals surface area contributed by atoms with Crippen LogP contribution in [0.3, 0.4) is 0 Å². The average Bonchev–Trinajstić information content (AvgIpc) is 2.65. The van der Waals surface area contributed by atoms with Crippen molar-refractivity contribution < 1.29 is 14.6 Å². The van der Waals surface area contributed by atoms with Crippen LogP contribution in [-0.2, 0) is 9.47 Å². The van der Waals surface area contributed by atoms with Crippen molar-refractivity contribution in [3.63, 3.8) is 0 Å². The van der Waals surface area contributed by atoms with Crippen LogP contribution in [0.1, 0.15) is 27.2 Å². The molecule has 0 radical (unpaired) electrons. The molecule has 0 aliphatic carbocycles. The van der Waals surface area contributed by atoms with Gasteiger partial charge in [0.15, 0.2) is 0 Å². The first kappa shape index (κ1) is 11.5. The van der Waals surface area contributed by atoms with Crippen molar-refractivity contribution in [2.75, 3.05) is 13.2 Å². The van der Waals surface area contributed by atoms with Gasteiger partial charge in [0.2, 0.25) is 0 Å². The third-order valence-corrected chi connectivity index (χ3v) is 2.35. The molecule has 2 atom stereocenters. The Hall–Kier alpha value is -0.540. The first-order chi connectivity index (χ1) is 6.66. The van der Waals surface area contributed by atoms with Crippen LogP contribution < -0.4 is 0 Å². The van der Waals surface area contributed by atoms with Crippen LogP contribution >= 0.6 is 0 Å². The van der Waals surface area contributed by atoms with Crippen LogP contribution in [0.2, 0.25) is 0 Å². The standard InChI is InChI=1S/C11H20O3/c1-4-13-11(8(2)3)10(12)9-6-5-7-14-9/h6,8,10-12H,4-5,7H2,1-3H3. The summed E-state index contributed by atoms with van der Waals surface area (Å²) < 4.78 is 10.8. The van der Waals surface area contributed by atoms with E-state index in [-0.39, 0.29) is 12.0 Å². The van der Waals surface area contributed by atoms with Gasteiger partial charge in [0.05, 0.1) is 12.7 Å². The summed E-state index contributed by atoms with van der Waals surface area (Å²) in [5.41, 5.74) is 0. The lowest BCUT2D eigenvalue weighted by Crippen LogP contribution is -2.35. The smallest absolute Gasteiger partial charge is 0.137 e. The van der Waals surface area contributed by atoms with Crippen molar-refractivity contribution in [3.8, 4) is 0 Å². The first-order valence-electron chi connectivity index (χ1n) is 5.29. The zero-order valence-electron chi connectivity index (χ0n) is 9.19. The van der Waals surface area contributed by atoms with Gasteiger partial charge >= 0.3 is 0 Å². The predicted octanol–water partition coefficient (Wildman–Crippen LogP) is 1.71. The molecule has 0 aromatic rings. The van der Waals surface area contributed by atoms with Crippen molar-refractivity contribution in [1.82, 2.24) is 0 Å². The Morgan fingerprint density at radius 1 is 1.57 bits per heavy atom. The highest BCUT2D eigenvalue weighted by atomic mass is 16.5. The Morgan fingerprint density at radius 3 is 2.71 bits per heavy atom. The van der Waals surface area contributed by atoms with E-state index >= 15 is 0 Å². The minimum absolute atomic E-state index is 0.163. The topological polar surface area (TPSA) is 38.7 Å². The largest absolute Gasteiger partial charge is 0.495 e. The third kappa shape index (κ3) is 2.72. The van der Waals surface area contributed by atoms with Gasteiger partial charge in [-0.3, -0.25) is 0 Å². The predicted molar refractivity (Wildman–Crippen MR) is 54.9 cm³/mol. The van der Waals surface area contributed by atoms with E-state index in [0.29, 0.717) is 19.0 Å². The summed E-state index contributed by atoms with van der Waals surface area (Å²) in [6, 6.07) is 0. The maximum Gasteiger partial charge on any atom is 0.137 e. The Morgan fingerprint density at radius 2 is 2.29 bits per heavy atom. The molecule has 0 aromatic carbocycles. The van der Waals surface area contributed by atoms with Crippen LogP contribution in [-0.4, -0.2) is 30.5 Å². The molecular weight excluding hydrogens is 180 g/mol. The molecule has 1 rings (SSSR count). The Bertz CT molecular complexity index is 199. The van der Waals surface area contributed by atoms with Gasteiger partial charge in [-0.1, -0.05) is 13.8 Å². The van der Waals surface area contributed by atoms with E-state index in [1.54, 1.807) is 0 Å². The van der Waals surface area contributed by atoms with Crippen LogP contribution in [0.5, 0.6) is 0 Å². The molecule has 2 unspecified atom stereocenters. The number of hydrogen-bond acceptors (Lipinski definition) is 3. The maximum atomic E-state index is 9.99. The summed E-state index contributed by atoms with van der Waals surface area (Å²) in [6.45, 7) is 7.32. The second kappa shape index (κ2) is 5.37. The molecular formula is C11H20O3. The molecule has 0 fully saturated rings. The highest BCUT2D eigenvalue weighted by Gasteiger charge is 2.28. The quantitative estimate of drug-likeness (QED) is 0.734. The van der Waals surface area contributed by atoms with Gasteiger partial charge in [0.1, 0.15) is 11.9 Å². The van der Waals surface area contributed by atoms with Crippen molar-refractivity contribution in [1.29, 1.82) is 0 Å². The van der Waals surface area contributed by atoms with Gasteiger partial charge < -0.3 is 14.6 Å². The third-order valence-electron chi connectivity index (χ3n) is 2.35. The van der Waals surface area contributed by atoms with E-state index in [0.717, 1.165) is 6.42 Å².